The van der Waals surface area contributed by atoms with Crippen molar-refractivity contribution in [2.24, 2.45) is 0 Å². The van der Waals surface area contributed by atoms with Crippen LogP contribution in [0, 0.1) is 0 Å². The molecule has 11 heavy (non-hydrogen) atoms. The van der Waals surface area contributed by atoms with E-state index < -0.39 is 0 Å². The average molecular weight is 857 g/mol. The topological polar surface area (TPSA) is 200 Å². The molecule has 0 fully saturated rings. The Bertz CT molecular complexity index is 10.4. The van der Waals surface area contributed by atoms with Crippen molar-refractivity contribution < 1.29 is 120 Å². The standard InChI is InChI=1S/7O.4Re/q7*-2;;;;. The van der Waals surface area contributed by atoms with E-state index in [0.717, 1.165) is 0 Å². The third-order valence-corrected chi connectivity index (χ3v) is 0. The molecule has 7 nitrogen and oxygen atoms in total. The van der Waals surface area contributed by atoms with Gasteiger partial charge in [0, 0.05) is 81.7 Å². The monoisotopic (exact) mass is 860 g/mol. The maximum absolute atomic E-state index is 0. The molecule has 0 aromatic carbocycles. The molecule has 84 valence electrons. The smallest absolute Gasteiger partial charge is 0 e. The van der Waals surface area contributed by atoms with Gasteiger partial charge in [-0.15, -0.1) is 0 Å². The number of hydrogen-bond donors (Lipinski definition) is 0. The van der Waals surface area contributed by atoms with Crippen LogP contribution in [0.25, 0.3) is 0 Å². The van der Waals surface area contributed by atoms with E-state index in [9.17, 15) is 0 Å². The van der Waals surface area contributed by atoms with Crippen LogP contribution in [-0.2, 0) is 120 Å². The molecule has 0 bridgehead atoms. The fourth-order valence-corrected chi connectivity index (χ4v) is 0. The average Bonchev–Trinajstić information content (AvgIpc) is 0. The zero-order valence-corrected chi connectivity index (χ0v) is 15.2. The first-order valence-corrected chi connectivity index (χ1v) is 0. The van der Waals surface area contributed by atoms with Gasteiger partial charge in [-0.1, -0.05) is 0 Å². The minimum atomic E-state index is 0. The fraction of sp³-hybridized carbons (Fsp3) is 0. The summed E-state index contributed by atoms with van der Waals surface area (Å²) in [4.78, 5) is 0. The van der Waals surface area contributed by atoms with E-state index in [1.54, 1.807) is 0 Å². The van der Waals surface area contributed by atoms with Crippen LogP contribution in [0.15, 0.2) is 0 Å². The summed E-state index contributed by atoms with van der Waals surface area (Å²) in [5.74, 6) is 0. The Morgan fingerprint density at radius 1 is 0.182 bits per heavy atom. The quantitative estimate of drug-likeness (QED) is 0.293. The Balaban J connectivity index is 0. The van der Waals surface area contributed by atoms with E-state index in [1.807, 2.05) is 0 Å². The van der Waals surface area contributed by atoms with E-state index >= 15 is 0 Å². The van der Waals surface area contributed by atoms with Gasteiger partial charge < -0.3 is 38.3 Å². The van der Waals surface area contributed by atoms with Gasteiger partial charge in [-0.2, -0.15) is 0 Å². The summed E-state index contributed by atoms with van der Waals surface area (Å²) in [6.07, 6.45) is 0. The van der Waals surface area contributed by atoms with E-state index in [2.05, 4.69) is 0 Å². The molecule has 11 heteroatoms. The maximum atomic E-state index is 0. The van der Waals surface area contributed by atoms with Gasteiger partial charge in [-0.05, 0) is 0 Å². The first-order valence-electron chi connectivity index (χ1n) is 0. The van der Waals surface area contributed by atoms with Gasteiger partial charge >= 0.3 is 0 Å². The van der Waals surface area contributed by atoms with Crippen molar-refractivity contribution >= 4 is 0 Å². The Labute approximate surface area is 119 Å². The molecule has 0 spiro atoms. The van der Waals surface area contributed by atoms with Crippen LogP contribution in [0.2, 0.25) is 0 Å². The van der Waals surface area contributed by atoms with Crippen molar-refractivity contribution in [3.63, 3.8) is 0 Å². The van der Waals surface area contributed by atoms with Gasteiger partial charge in [0.15, 0.2) is 0 Å². The molecule has 0 amide bonds. The van der Waals surface area contributed by atoms with Crippen molar-refractivity contribution in [1.29, 1.82) is 0 Å². The van der Waals surface area contributed by atoms with Crippen molar-refractivity contribution in [2.75, 3.05) is 0 Å². The van der Waals surface area contributed by atoms with E-state index in [0.29, 0.717) is 0 Å². The zero-order chi connectivity index (χ0) is 0. The Morgan fingerprint density at radius 2 is 0.182 bits per heavy atom. The van der Waals surface area contributed by atoms with Crippen LogP contribution in [0.5, 0.6) is 0 Å². The minimum Gasteiger partial charge on any atom is -2.00 e. The molecule has 0 heterocycles. The Morgan fingerprint density at radius 3 is 0.182 bits per heavy atom. The van der Waals surface area contributed by atoms with E-state index in [-0.39, 0.29) is 120 Å². The van der Waals surface area contributed by atoms with Gasteiger partial charge in [0.1, 0.15) is 0 Å². The van der Waals surface area contributed by atoms with E-state index in [1.165, 1.54) is 0 Å². The summed E-state index contributed by atoms with van der Waals surface area (Å²) >= 11 is 0. The molecule has 0 atom stereocenters. The van der Waals surface area contributed by atoms with Crippen LogP contribution in [0.3, 0.4) is 0 Å². The molecular weight excluding hydrogens is 857 g/mol. The summed E-state index contributed by atoms with van der Waals surface area (Å²) in [5.41, 5.74) is 0. The Hall–Kier alpha value is 2.37. The molecular formula is O7Re4-14. The summed E-state index contributed by atoms with van der Waals surface area (Å²) in [6, 6.07) is 0. The predicted molar refractivity (Wildman–Crippen MR) is 4.81 cm³/mol. The first kappa shape index (κ1) is 364. The first-order chi connectivity index (χ1) is 0. The van der Waals surface area contributed by atoms with Crippen molar-refractivity contribution in [3.05, 3.63) is 0 Å². The van der Waals surface area contributed by atoms with Crippen LogP contribution >= 0.6 is 0 Å². The second kappa shape index (κ2) is 285. The van der Waals surface area contributed by atoms with Gasteiger partial charge in [0.25, 0.3) is 0 Å². The molecule has 0 rings (SSSR count). The molecule has 0 N–H and O–H groups in total. The third kappa shape index (κ3) is 237. The van der Waals surface area contributed by atoms with Gasteiger partial charge in [-0.3, -0.25) is 0 Å². The predicted octanol–water partition coefficient (Wildman–Crippen LogP) is -0.842. The molecule has 0 aliphatic heterocycles. The summed E-state index contributed by atoms with van der Waals surface area (Å²) in [6.45, 7) is 0. The largest absolute Gasteiger partial charge is 2.00 e. The van der Waals surface area contributed by atoms with Crippen LogP contribution < -0.4 is 0 Å². The zero-order valence-electron chi connectivity index (χ0n) is 4.37. The molecule has 0 saturated carbocycles. The molecule has 4 radical (unpaired) electrons. The minimum absolute atomic E-state index is 0. The van der Waals surface area contributed by atoms with Gasteiger partial charge in [-0.25, -0.2) is 0 Å². The summed E-state index contributed by atoms with van der Waals surface area (Å²) in [5, 5.41) is 0. The molecule has 0 aliphatic rings. The second-order valence-electron chi connectivity index (χ2n) is 0. The molecule has 0 aromatic heterocycles. The normalized spacial score (nSPS) is 0. The van der Waals surface area contributed by atoms with Crippen molar-refractivity contribution in [1.82, 2.24) is 0 Å². The van der Waals surface area contributed by atoms with Crippen LogP contribution in [-0.4, -0.2) is 0 Å². The molecule has 0 saturated heterocycles. The van der Waals surface area contributed by atoms with Gasteiger partial charge in [0.05, 0.1) is 0 Å². The summed E-state index contributed by atoms with van der Waals surface area (Å²) in [7, 11) is 0. The van der Waals surface area contributed by atoms with Crippen molar-refractivity contribution in [2.45, 2.75) is 0 Å². The molecule has 0 aliphatic carbocycles. The van der Waals surface area contributed by atoms with Crippen molar-refractivity contribution in [3.8, 4) is 0 Å². The maximum Gasteiger partial charge on any atom is 0 e. The Kier molecular flexibility index (Phi) is 9430. The molecule has 0 unspecified atom stereocenters. The number of rotatable bonds is 0. The van der Waals surface area contributed by atoms with Gasteiger partial charge in [0.2, 0.25) is 0 Å². The number of hydrogen-bond acceptors (Lipinski definition) is 0. The van der Waals surface area contributed by atoms with Crippen LogP contribution in [0.1, 0.15) is 0 Å². The molecule has 0 aromatic rings. The van der Waals surface area contributed by atoms with Crippen LogP contribution in [0.4, 0.5) is 0 Å². The summed E-state index contributed by atoms with van der Waals surface area (Å²) < 4.78 is 0. The second-order valence-corrected chi connectivity index (χ2v) is 0. The SMILES string of the molecule is [O-2].[O-2].[O-2].[O-2].[O-2].[O-2].[O-2].[Re].[Re].[Re].[Re]. The van der Waals surface area contributed by atoms with E-state index in [4.69, 9.17) is 0 Å². The fourth-order valence-electron chi connectivity index (χ4n) is 0. The third-order valence-electron chi connectivity index (χ3n) is 0.